The second-order valence-electron chi connectivity index (χ2n) is 6.01. The van der Waals surface area contributed by atoms with Gasteiger partial charge in [0.2, 0.25) is 5.91 Å². The van der Waals surface area contributed by atoms with Crippen LogP contribution in [0.4, 0.5) is 0 Å². The molecule has 120 valence electrons. The monoisotopic (exact) mass is 304 g/mol. The molecule has 2 rings (SSSR count). The first-order chi connectivity index (χ1) is 10.4. The largest absolute Gasteiger partial charge is 0.484 e. The zero-order valence-electron chi connectivity index (χ0n) is 13.8. The molecule has 2 amide bonds. The number of hydrogen-bond donors (Lipinski definition) is 0. The molecule has 22 heavy (non-hydrogen) atoms. The van der Waals surface area contributed by atoms with Gasteiger partial charge in [-0.1, -0.05) is 6.07 Å². The molecule has 1 atom stereocenters. The second-order valence-corrected chi connectivity index (χ2v) is 6.01. The molecule has 0 N–H and O–H groups in total. The van der Waals surface area contributed by atoms with Gasteiger partial charge in [-0.3, -0.25) is 9.59 Å². The van der Waals surface area contributed by atoms with Gasteiger partial charge in [-0.2, -0.15) is 0 Å². The minimum atomic E-state index is -0.342. The van der Waals surface area contributed by atoms with Crippen LogP contribution in [-0.2, 0) is 9.59 Å². The quantitative estimate of drug-likeness (QED) is 0.851. The fraction of sp³-hybridized carbons (Fsp3) is 0.529. The van der Waals surface area contributed by atoms with Gasteiger partial charge < -0.3 is 14.5 Å². The highest BCUT2D eigenvalue weighted by molar-refractivity contribution is 5.88. The summed E-state index contributed by atoms with van der Waals surface area (Å²) in [5.74, 6) is 0.541. The Hall–Kier alpha value is -2.04. The summed E-state index contributed by atoms with van der Waals surface area (Å²) in [5, 5.41) is 0. The molecular weight excluding hydrogens is 280 g/mol. The Morgan fingerprint density at radius 2 is 2.00 bits per heavy atom. The van der Waals surface area contributed by atoms with E-state index in [0.29, 0.717) is 12.3 Å². The molecule has 5 nitrogen and oxygen atoms in total. The number of hydrogen-bond acceptors (Lipinski definition) is 3. The van der Waals surface area contributed by atoms with Crippen molar-refractivity contribution in [3.63, 3.8) is 0 Å². The number of nitrogens with zero attached hydrogens (tertiary/aromatic N) is 2. The fourth-order valence-corrected chi connectivity index (χ4v) is 2.65. The van der Waals surface area contributed by atoms with Gasteiger partial charge >= 0.3 is 0 Å². The lowest BCUT2D eigenvalue weighted by atomic mass is 10.1. The Labute approximate surface area is 131 Å². The van der Waals surface area contributed by atoms with Crippen LogP contribution in [0.5, 0.6) is 5.75 Å². The van der Waals surface area contributed by atoms with Crippen molar-refractivity contribution in [2.45, 2.75) is 32.7 Å². The van der Waals surface area contributed by atoms with Gasteiger partial charge in [0.05, 0.1) is 0 Å². The maximum Gasteiger partial charge on any atom is 0.261 e. The zero-order valence-corrected chi connectivity index (χ0v) is 13.8. The molecule has 5 heteroatoms. The molecule has 1 aliphatic rings. The molecule has 0 spiro atoms. The molecule has 0 aliphatic carbocycles. The summed E-state index contributed by atoms with van der Waals surface area (Å²) in [4.78, 5) is 27.6. The van der Waals surface area contributed by atoms with E-state index in [9.17, 15) is 9.59 Å². The Morgan fingerprint density at radius 1 is 1.27 bits per heavy atom. The van der Waals surface area contributed by atoms with Gasteiger partial charge in [-0.15, -0.1) is 0 Å². The third-order valence-corrected chi connectivity index (χ3v) is 4.14. The van der Waals surface area contributed by atoms with E-state index in [1.165, 1.54) is 5.56 Å². The predicted octanol–water partition coefficient (Wildman–Crippen LogP) is 1.76. The molecule has 1 fully saturated rings. The first-order valence-electron chi connectivity index (χ1n) is 7.61. The lowest BCUT2D eigenvalue weighted by molar-refractivity contribution is -0.143. The third-order valence-electron chi connectivity index (χ3n) is 4.14. The smallest absolute Gasteiger partial charge is 0.261 e. The van der Waals surface area contributed by atoms with Gasteiger partial charge in [0.15, 0.2) is 6.61 Å². The van der Waals surface area contributed by atoms with E-state index in [1.807, 2.05) is 32.0 Å². The second kappa shape index (κ2) is 6.81. The Balaban J connectivity index is 1.96. The molecule has 1 aliphatic heterocycles. The lowest BCUT2D eigenvalue weighted by Crippen LogP contribution is -2.46. The van der Waals surface area contributed by atoms with Crippen molar-refractivity contribution in [2.24, 2.45) is 0 Å². The molecule has 0 bridgehead atoms. The van der Waals surface area contributed by atoms with Gasteiger partial charge in [0, 0.05) is 20.6 Å². The van der Waals surface area contributed by atoms with Crippen LogP contribution in [0.2, 0.25) is 0 Å². The summed E-state index contributed by atoms with van der Waals surface area (Å²) in [5.41, 5.74) is 2.32. The van der Waals surface area contributed by atoms with Crippen molar-refractivity contribution in [1.82, 2.24) is 9.80 Å². The number of aryl methyl sites for hydroxylation is 2. The highest BCUT2D eigenvalue weighted by Gasteiger charge is 2.34. The number of likely N-dealkylation sites (tertiary alicyclic amines) is 1. The summed E-state index contributed by atoms with van der Waals surface area (Å²) in [6.07, 6.45) is 1.59. The van der Waals surface area contributed by atoms with Crippen molar-refractivity contribution in [3.05, 3.63) is 29.3 Å². The first kappa shape index (κ1) is 16.3. The van der Waals surface area contributed by atoms with E-state index >= 15 is 0 Å². The van der Waals surface area contributed by atoms with Crippen LogP contribution in [0.3, 0.4) is 0 Å². The normalized spacial score (nSPS) is 17.5. The Bertz CT molecular complexity index is 569. The third kappa shape index (κ3) is 3.59. The minimum absolute atomic E-state index is 0.0166. The number of carbonyl (C=O) groups is 2. The topological polar surface area (TPSA) is 49.9 Å². The van der Waals surface area contributed by atoms with Crippen LogP contribution in [0.25, 0.3) is 0 Å². The Morgan fingerprint density at radius 3 is 2.64 bits per heavy atom. The van der Waals surface area contributed by atoms with Gasteiger partial charge in [-0.25, -0.2) is 0 Å². The van der Waals surface area contributed by atoms with E-state index in [0.717, 1.165) is 18.4 Å². The molecule has 1 unspecified atom stereocenters. The van der Waals surface area contributed by atoms with E-state index in [-0.39, 0.29) is 24.5 Å². The molecule has 1 saturated heterocycles. The maximum absolute atomic E-state index is 12.3. The zero-order chi connectivity index (χ0) is 16.3. The van der Waals surface area contributed by atoms with Crippen molar-refractivity contribution in [3.8, 4) is 5.75 Å². The highest BCUT2D eigenvalue weighted by Crippen LogP contribution is 2.20. The lowest BCUT2D eigenvalue weighted by Gasteiger charge is -2.26. The van der Waals surface area contributed by atoms with E-state index in [4.69, 9.17) is 4.74 Å². The van der Waals surface area contributed by atoms with Crippen LogP contribution in [0.15, 0.2) is 18.2 Å². The van der Waals surface area contributed by atoms with Crippen molar-refractivity contribution in [1.29, 1.82) is 0 Å². The number of carbonyl (C=O) groups excluding carboxylic acids is 2. The number of rotatable bonds is 4. The van der Waals surface area contributed by atoms with Crippen molar-refractivity contribution >= 4 is 11.8 Å². The van der Waals surface area contributed by atoms with Crippen molar-refractivity contribution in [2.75, 3.05) is 27.2 Å². The van der Waals surface area contributed by atoms with Crippen LogP contribution in [0.1, 0.15) is 24.0 Å². The SMILES string of the molecule is Cc1ccc(OCC(=O)N2CCCC2C(=O)N(C)C)cc1C. The number of amides is 2. The average Bonchev–Trinajstić information content (AvgIpc) is 2.96. The summed E-state index contributed by atoms with van der Waals surface area (Å²) >= 11 is 0. The summed E-state index contributed by atoms with van der Waals surface area (Å²) in [6.45, 7) is 4.64. The molecule has 1 aromatic rings. The summed E-state index contributed by atoms with van der Waals surface area (Å²) in [6, 6.07) is 5.42. The molecule has 1 heterocycles. The van der Waals surface area contributed by atoms with Gasteiger partial charge in [-0.05, 0) is 49.9 Å². The van der Waals surface area contributed by atoms with Crippen LogP contribution in [0, 0.1) is 13.8 Å². The number of ether oxygens (including phenoxy) is 1. The average molecular weight is 304 g/mol. The van der Waals surface area contributed by atoms with Crippen LogP contribution < -0.4 is 4.74 Å². The van der Waals surface area contributed by atoms with Crippen molar-refractivity contribution < 1.29 is 14.3 Å². The minimum Gasteiger partial charge on any atom is -0.484 e. The maximum atomic E-state index is 12.3. The molecule has 0 saturated carbocycles. The predicted molar refractivity (Wildman–Crippen MR) is 84.8 cm³/mol. The first-order valence-corrected chi connectivity index (χ1v) is 7.61. The van der Waals surface area contributed by atoms with E-state index in [2.05, 4.69) is 0 Å². The van der Waals surface area contributed by atoms with Gasteiger partial charge in [0.25, 0.3) is 5.91 Å². The number of benzene rings is 1. The van der Waals surface area contributed by atoms with Crippen LogP contribution in [-0.4, -0.2) is 54.9 Å². The fourth-order valence-electron chi connectivity index (χ4n) is 2.65. The van der Waals surface area contributed by atoms with E-state index < -0.39 is 0 Å². The molecule has 1 aromatic carbocycles. The molecule has 0 radical (unpaired) electrons. The molecular formula is C17H24N2O3. The molecule has 0 aromatic heterocycles. The summed E-state index contributed by atoms with van der Waals surface area (Å²) in [7, 11) is 3.43. The van der Waals surface area contributed by atoms with Gasteiger partial charge in [0.1, 0.15) is 11.8 Å². The standard InChI is InChI=1S/C17H24N2O3/c1-12-7-8-14(10-13(12)2)22-11-16(20)19-9-5-6-15(19)17(21)18(3)4/h7-8,10,15H,5-6,9,11H2,1-4H3. The number of likely N-dealkylation sites (N-methyl/N-ethyl adjacent to an activating group) is 1. The highest BCUT2D eigenvalue weighted by atomic mass is 16.5. The summed E-state index contributed by atoms with van der Waals surface area (Å²) < 4.78 is 5.59. The van der Waals surface area contributed by atoms with E-state index in [1.54, 1.807) is 23.9 Å². The Kier molecular flexibility index (Phi) is 5.06. The van der Waals surface area contributed by atoms with Crippen LogP contribution >= 0.6 is 0 Å².